The number of nitrogens with zero attached hydrogens (tertiary/aromatic N) is 1. The number of rotatable bonds is 5. The van der Waals surface area contributed by atoms with Gasteiger partial charge in [-0.15, -0.1) is 0 Å². The highest BCUT2D eigenvalue weighted by molar-refractivity contribution is 6.07. The third kappa shape index (κ3) is 3.28. The maximum atomic E-state index is 11.8. The van der Waals surface area contributed by atoms with Crippen molar-refractivity contribution in [1.29, 1.82) is 0 Å². The molecule has 1 aliphatic rings. The molecule has 1 aliphatic heterocycles. The van der Waals surface area contributed by atoms with Gasteiger partial charge >= 0.3 is 5.97 Å². The van der Waals surface area contributed by atoms with Crippen molar-refractivity contribution in [3.63, 3.8) is 0 Å². The molecule has 0 N–H and O–H groups in total. The summed E-state index contributed by atoms with van der Waals surface area (Å²) in [5.41, 5.74) is -0.694. The van der Waals surface area contributed by atoms with Crippen LogP contribution in [0.1, 0.15) is 40.0 Å². The second kappa shape index (κ2) is 5.29. The third-order valence-corrected chi connectivity index (χ3v) is 2.77. The second-order valence-electron chi connectivity index (χ2n) is 4.92. The van der Waals surface area contributed by atoms with Crippen molar-refractivity contribution >= 4 is 17.8 Å². The molecule has 0 aromatic heterocycles. The van der Waals surface area contributed by atoms with E-state index in [9.17, 15) is 14.4 Å². The lowest BCUT2D eigenvalue weighted by Gasteiger charge is -2.16. The molecule has 1 fully saturated rings. The Kier molecular flexibility index (Phi) is 4.26. The molecule has 0 radical (unpaired) electrons. The van der Waals surface area contributed by atoms with Crippen LogP contribution in [0.25, 0.3) is 0 Å². The molecule has 1 saturated heterocycles. The van der Waals surface area contributed by atoms with Gasteiger partial charge in [-0.2, -0.15) is 0 Å². The number of hydrogen-bond donors (Lipinski definition) is 0. The zero-order valence-corrected chi connectivity index (χ0v) is 10.6. The largest absolute Gasteiger partial charge is 0.464 e. The highest BCUT2D eigenvalue weighted by Crippen LogP contribution is 2.31. The number of amides is 2. The molecule has 5 heteroatoms. The van der Waals surface area contributed by atoms with Crippen LogP contribution in [0, 0.1) is 5.41 Å². The van der Waals surface area contributed by atoms with E-state index in [1.807, 2.05) is 6.92 Å². The van der Waals surface area contributed by atoms with Gasteiger partial charge in [-0.25, -0.2) is 0 Å². The molecule has 0 unspecified atom stereocenters. The number of carbonyl (C=O) groups is 3. The number of hydrogen-bond acceptors (Lipinski definition) is 4. The van der Waals surface area contributed by atoms with E-state index in [1.54, 1.807) is 13.8 Å². The Balaban J connectivity index is 2.49. The molecule has 0 bridgehead atoms. The third-order valence-electron chi connectivity index (χ3n) is 2.77. The first kappa shape index (κ1) is 13.7. The highest BCUT2D eigenvalue weighted by Gasteiger charge is 2.45. The highest BCUT2D eigenvalue weighted by atomic mass is 16.5. The van der Waals surface area contributed by atoms with Gasteiger partial charge in [0.1, 0.15) is 6.54 Å². The molecule has 0 atom stereocenters. The Morgan fingerprint density at radius 1 is 1.41 bits per heavy atom. The van der Waals surface area contributed by atoms with E-state index in [4.69, 9.17) is 4.74 Å². The van der Waals surface area contributed by atoms with Gasteiger partial charge in [0.25, 0.3) is 0 Å². The molecule has 1 rings (SSSR count). The second-order valence-corrected chi connectivity index (χ2v) is 4.92. The number of esters is 1. The fourth-order valence-corrected chi connectivity index (χ4v) is 1.69. The van der Waals surface area contributed by atoms with Crippen LogP contribution >= 0.6 is 0 Å². The SMILES string of the molecule is CCCCOC(=O)CN1C(=O)CC(C)(C)C1=O. The molecule has 0 aromatic rings. The van der Waals surface area contributed by atoms with E-state index in [-0.39, 0.29) is 24.8 Å². The van der Waals surface area contributed by atoms with E-state index in [0.29, 0.717) is 6.61 Å². The fourth-order valence-electron chi connectivity index (χ4n) is 1.69. The van der Waals surface area contributed by atoms with E-state index >= 15 is 0 Å². The minimum atomic E-state index is -0.694. The van der Waals surface area contributed by atoms with Crippen LogP contribution in [0.3, 0.4) is 0 Å². The summed E-state index contributed by atoms with van der Waals surface area (Å²) < 4.78 is 4.92. The normalized spacial score (nSPS) is 18.6. The van der Waals surface area contributed by atoms with Gasteiger partial charge in [0.2, 0.25) is 11.8 Å². The van der Waals surface area contributed by atoms with Crippen LogP contribution in [0.4, 0.5) is 0 Å². The topological polar surface area (TPSA) is 63.7 Å². The van der Waals surface area contributed by atoms with Crippen LogP contribution < -0.4 is 0 Å². The number of carbonyl (C=O) groups excluding carboxylic acids is 3. The van der Waals surface area contributed by atoms with Gasteiger partial charge in [0, 0.05) is 6.42 Å². The van der Waals surface area contributed by atoms with Crippen LogP contribution in [0.5, 0.6) is 0 Å². The molecular weight excluding hydrogens is 222 g/mol. The molecule has 0 spiro atoms. The van der Waals surface area contributed by atoms with E-state index < -0.39 is 11.4 Å². The van der Waals surface area contributed by atoms with Crippen LogP contribution in [0.15, 0.2) is 0 Å². The van der Waals surface area contributed by atoms with Crippen molar-refractivity contribution in [2.45, 2.75) is 40.0 Å². The summed E-state index contributed by atoms with van der Waals surface area (Å²) in [7, 11) is 0. The Hall–Kier alpha value is -1.39. The number of ether oxygens (including phenoxy) is 1. The van der Waals surface area contributed by atoms with Gasteiger partial charge in [-0.05, 0) is 6.42 Å². The number of unbranched alkanes of at least 4 members (excludes halogenated alkanes) is 1. The molecule has 0 aliphatic carbocycles. The monoisotopic (exact) mass is 241 g/mol. The quantitative estimate of drug-likeness (QED) is 0.411. The Labute approximate surface area is 101 Å². The number of imide groups is 1. The lowest BCUT2D eigenvalue weighted by atomic mass is 9.92. The van der Waals surface area contributed by atoms with Gasteiger partial charge < -0.3 is 4.74 Å². The molecule has 96 valence electrons. The van der Waals surface area contributed by atoms with E-state index in [1.165, 1.54) is 0 Å². The van der Waals surface area contributed by atoms with Crippen LogP contribution in [-0.4, -0.2) is 35.8 Å². The summed E-state index contributed by atoms with van der Waals surface area (Å²) in [4.78, 5) is 35.8. The number of likely N-dealkylation sites (tertiary alicyclic amines) is 1. The summed E-state index contributed by atoms with van der Waals surface area (Å²) in [6, 6.07) is 0. The predicted molar refractivity (Wildman–Crippen MR) is 61.0 cm³/mol. The molecule has 17 heavy (non-hydrogen) atoms. The van der Waals surface area contributed by atoms with Crippen molar-refractivity contribution in [3.8, 4) is 0 Å². The minimum absolute atomic E-state index is 0.161. The summed E-state index contributed by atoms with van der Waals surface area (Å²) in [6.45, 7) is 5.48. The molecule has 0 saturated carbocycles. The zero-order chi connectivity index (χ0) is 13.1. The maximum Gasteiger partial charge on any atom is 0.326 e. The van der Waals surface area contributed by atoms with Crippen molar-refractivity contribution < 1.29 is 19.1 Å². The van der Waals surface area contributed by atoms with Gasteiger partial charge in [-0.3, -0.25) is 19.3 Å². The average molecular weight is 241 g/mol. The smallest absolute Gasteiger partial charge is 0.326 e. The van der Waals surface area contributed by atoms with Crippen molar-refractivity contribution in [2.75, 3.05) is 13.2 Å². The molecule has 2 amide bonds. The van der Waals surface area contributed by atoms with E-state index in [2.05, 4.69) is 0 Å². The first-order chi connectivity index (χ1) is 7.88. The van der Waals surface area contributed by atoms with Gasteiger partial charge in [-0.1, -0.05) is 27.2 Å². The summed E-state index contributed by atoms with van der Waals surface area (Å²) in [6.07, 6.45) is 1.88. The average Bonchev–Trinajstić information content (AvgIpc) is 2.41. The Morgan fingerprint density at radius 2 is 2.06 bits per heavy atom. The summed E-state index contributed by atoms with van der Waals surface area (Å²) in [5, 5.41) is 0. The van der Waals surface area contributed by atoms with Gasteiger partial charge in [0.15, 0.2) is 0 Å². The zero-order valence-electron chi connectivity index (χ0n) is 10.6. The van der Waals surface area contributed by atoms with Gasteiger partial charge in [0.05, 0.1) is 12.0 Å². The lowest BCUT2D eigenvalue weighted by Crippen LogP contribution is -2.37. The lowest BCUT2D eigenvalue weighted by molar-refractivity contribution is -0.153. The Bertz CT molecular complexity index is 335. The summed E-state index contributed by atoms with van der Waals surface area (Å²) >= 11 is 0. The molecule has 1 heterocycles. The van der Waals surface area contributed by atoms with Crippen LogP contribution in [0.2, 0.25) is 0 Å². The van der Waals surface area contributed by atoms with Crippen LogP contribution in [-0.2, 0) is 19.1 Å². The van der Waals surface area contributed by atoms with E-state index in [0.717, 1.165) is 17.7 Å². The molecule has 5 nitrogen and oxygen atoms in total. The summed E-state index contributed by atoms with van der Waals surface area (Å²) in [5.74, 6) is -1.11. The first-order valence-corrected chi connectivity index (χ1v) is 5.89. The fraction of sp³-hybridized carbons (Fsp3) is 0.750. The molecule has 0 aromatic carbocycles. The predicted octanol–water partition coefficient (Wildman–Crippen LogP) is 1.11. The minimum Gasteiger partial charge on any atom is -0.464 e. The Morgan fingerprint density at radius 3 is 2.53 bits per heavy atom. The van der Waals surface area contributed by atoms with Crippen molar-refractivity contribution in [1.82, 2.24) is 4.90 Å². The first-order valence-electron chi connectivity index (χ1n) is 5.89. The molecular formula is C12H19NO4. The maximum absolute atomic E-state index is 11.8. The standard InChI is InChI=1S/C12H19NO4/c1-4-5-6-17-10(15)8-13-9(14)7-12(2,3)11(13)16/h4-8H2,1-3H3. The van der Waals surface area contributed by atoms with Crippen molar-refractivity contribution in [3.05, 3.63) is 0 Å². The van der Waals surface area contributed by atoms with Crippen molar-refractivity contribution in [2.24, 2.45) is 5.41 Å².